The molecule has 0 aliphatic carbocycles. The van der Waals surface area contributed by atoms with Crippen molar-refractivity contribution in [2.24, 2.45) is 5.73 Å². The van der Waals surface area contributed by atoms with Gasteiger partial charge in [-0.15, -0.1) is 0 Å². The Bertz CT molecular complexity index is 383. The van der Waals surface area contributed by atoms with E-state index in [1.807, 2.05) is 0 Å². The second kappa shape index (κ2) is 3.75. The molecule has 1 aromatic rings. The third-order valence-electron chi connectivity index (χ3n) is 1.59. The molecule has 4 nitrogen and oxygen atoms in total. The summed E-state index contributed by atoms with van der Waals surface area (Å²) in [5.74, 6) is -1.02. The van der Waals surface area contributed by atoms with Crippen LogP contribution in [-0.2, 0) is 0 Å². The summed E-state index contributed by atoms with van der Waals surface area (Å²) in [5, 5.41) is -0.273. The summed E-state index contributed by atoms with van der Waals surface area (Å²) in [6, 6.07) is 0. The van der Waals surface area contributed by atoms with Gasteiger partial charge in [0.25, 0.3) is 12.3 Å². The number of nitrogens with two attached hydrogens (primary N) is 2. The van der Waals surface area contributed by atoms with Crippen LogP contribution in [0.15, 0.2) is 6.20 Å². The highest BCUT2D eigenvalue weighted by Crippen LogP contribution is 2.31. The highest BCUT2D eigenvalue weighted by atomic mass is 35.5. The summed E-state index contributed by atoms with van der Waals surface area (Å²) in [7, 11) is 0. The van der Waals surface area contributed by atoms with E-state index in [9.17, 15) is 13.6 Å². The Hall–Kier alpha value is -1.43. The number of nitrogens with zero attached hydrogens (tertiary/aromatic N) is 1. The highest BCUT2D eigenvalue weighted by Gasteiger charge is 2.22. The van der Waals surface area contributed by atoms with Crippen LogP contribution in [0, 0.1) is 0 Å². The number of nitrogen functional groups attached to an aromatic ring is 1. The van der Waals surface area contributed by atoms with Gasteiger partial charge in [0.2, 0.25) is 0 Å². The lowest BCUT2D eigenvalue weighted by Crippen LogP contribution is -2.16. The van der Waals surface area contributed by atoms with Gasteiger partial charge in [0.1, 0.15) is 0 Å². The van der Waals surface area contributed by atoms with Gasteiger partial charge < -0.3 is 11.5 Å². The molecule has 7 heteroatoms. The molecule has 0 unspecified atom stereocenters. The average Bonchev–Trinajstić information content (AvgIpc) is 2.08. The minimum atomic E-state index is -2.92. The first kappa shape index (κ1) is 10.6. The lowest BCUT2D eigenvalue weighted by molar-refractivity contribution is 0.0986. The molecule has 0 radical (unpaired) electrons. The van der Waals surface area contributed by atoms with Gasteiger partial charge in [-0.1, -0.05) is 11.6 Å². The van der Waals surface area contributed by atoms with Crippen LogP contribution in [0.5, 0.6) is 0 Å². The van der Waals surface area contributed by atoms with Gasteiger partial charge in [-0.05, 0) is 0 Å². The zero-order valence-electron chi connectivity index (χ0n) is 6.80. The molecule has 0 spiro atoms. The maximum absolute atomic E-state index is 12.5. The first-order chi connectivity index (χ1) is 6.45. The van der Waals surface area contributed by atoms with E-state index in [0.29, 0.717) is 0 Å². The maximum Gasteiger partial charge on any atom is 0.266 e. The van der Waals surface area contributed by atoms with Gasteiger partial charge in [-0.3, -0.25) is 4.79 Å². The fourth-order valence-electron chi connectivity index (χ4n) is 0.948. The third-order valence-corrected chi connectivity index (χ3v) is 1.89. The number of amides is 1. The molecule has 76 valence electrons. The molecule has 0 aliphatic rings. The summed E-state index contributed by atoms with van der Waals surface area (Å²) in [6.45, 7) is 0. The number of alkyl halides is 2. The van der Waals surface area contributed by atoms with Crippen LogP contribution < -0.4 is 11.5 Å². The standard InChI is InChI=1S/C7H6ClF2N3O/c8-5-4(11)3(6(9)10)2(1-13-5)7(12)14/h1,6H,11H2,(H2,12,14). The molecule has 1 aromatic heterocycles. The Morgan fingerprint density at radius 3 is 2.57 bits per heavy atom. The molecule has 0 aromatic carbocycles. The number of hydrogen-bond donors (Lipinski definition) is 2. The van der Waals surface area contributed by atoms with Crippen LogP contribution in [0.3, 0.4) is 0 Å². The van der Waals surface area contributed by atoms with Crippen LogP contribution in [0.1, 0.15) is 22.3 Å². The number of carbonyl (C=O) groups excluding carboxylic acids is 1. The van der Waals surface area contributed by atoms with Crippen molar-refractivity contribution in [2.45, 2.75) is 6.43 Å². The van der Waals surface area contributed by atoms with Crippen LogP contribution in [-0.4, -0.2) is 10.9 Å². The van der Waals surface area contributed by atoms with E-state index in [-0.39, 0.29) is 5.15 Å². The van der Waals surface area contributed by atoms with Gasteiger partial charge >= 0.3 is 0 Å². The average molecular weight is 222 g/mol. The molecule has 0 atom stereocenters. The van der Waals surface area contributed by atoms with Crippen molar-refractivity contribution < 1.29 is 13.6 Å². The molecule has 14 heavy (non-hydrogen) atoms. The SMILES string of the molecule is NC(=O)c1cnc(Cl)c(N)c1C(F)F. The minimum Gasteiger partial charge on any atom is -0.396 e. The molecule has 4 N–H and O–H groups in total. The van der Waals surface area contributed by atoms with Crippen LogP contribution >= 0.6 is 11.6 Å². The molecule has 0 aliphatic heterocycles. The third kappa shape index (κ3) is 1.74. The topological polar surface area (TPSA) is 82.0 Å². The maximum atomic E-state index is 12.5. The number of rotatable bonds is 2. The van der Waals surface area contributed by atoms with Crippen molar-refractivity contribution in [2.75, 3.05) is 5.73 Å². The summed E-state index contributed by atoms with van der Waals surface area (Å²) in [6.07, 6.45) is -2.04. The van der Waals surface area contributed by atoms with E-state index in [0.717, 1.165) is 6.20 Å². The van der Waals surface area contributed by atoms with E-state index in [1.165, 1.54) is 0 Å². The number of carbonyl (C=O) groups is 1. The number of primary amides is 1. The van der Waals surface area contributed by atoms with Crippen molar-refractivity contribution in [1.82, 2.24) is 4.98 Å². The monoisotopic (exact) mass is 221 g/mol. The highest BCUT2D eigenvalue weighted by molar-refractivity contribution is 6.32. The van der Waals surface area contributed by atoms with Crippen LogP contribution in [0.25, 0.3) is 0 Å². The van der Waals surface area contributed by atoms with Gasteiger partial charge in [-0.25, -0.2) is 13.8 Å². The van der Waals surface area contributed by atoms with Crippen molar-refractivity contribution in [1.29, 1.82) is 0 Å². The summed E-state index contributed by atoms with van der Waals surface area (Å²) in [5.41, 5.74) is 8.60. The smallest absolute Gasteiger partial charge is 0.266 e. The summed E-state index contributed by atoms with van der Waals surface area (Å²) >= 11 is 5.41. The normalized spacial score (nSPS) is 10.6. The quantitative estimate of drug-likeness (QED) is 0.740. The first-order valence-corrected chi connectivity index (χ1v) is 3.84. The molecular formula is C7H6ClF2N3O. The second-order valence-corrected chi connectivity index (χ2v) is 2.81. The Balaban J connectivity index is 3.45. The molecule has 0 bridgehead atoms. The lowest BCUT2D eigenvalue weighted by Gasteiger charge is -2.09. The predicted molar refractivity (Wildman–Crippen MR) is 47.1 cm³/mol. The summed E-state index contributed by atoms with van der Waals surface area (Å²) in [4.78, 5) is 14.2. The molecule has 0 saturated carbocycles. The molecular weight excluding hydrogens is 216 g/mol. The molecule has 0 saturated heterocycles. The van der Waals surface area contributed by atoms with Gasteiger partial charge in [-0.2, -0.15) is 0 Å². The van der Waals surface area contributed by atoms with Gasteiger partial charge in [0.15, 0.2) is 5.15 Å². The zero-order chi connectivity index (χ0) is 10.9. The Labute approximate surface area is 82.9 Å². The van der Waals surface area contributed by atoms with Gasteiger partial charge in [0.05, 0.1) is 16.8 Å². The van der Waals surface area contributed by atoms with Crippen molar-refractivity contribution in [3.63, 3.8) is 0 Å². The molecule has 1 rings (SSSR count). The van der Waals surface area contributed by atoms with Crippen LogP contribution in [0.4, 0.5) is 14.5 Å². The van der Waals surface area contributed by atoms with Gasteiger partial charge in [0, 0.05) is 6.20 Å². The number of hydrogen-bond acceptors (Lipinski definition) is 3. The molecule has 1 heterocycles. The number of pyridine rings is 1. The fraction of sp³-hybridized carbons (Fsp3) is 0.143. The van der Waals surface area contributed by atoms with E-state index in [1.54, 1.807) is 0 Å². The number of anilines is 1. The van der Waals surface area contributed by atoms with Crippen molar-refractivity contribution in [3.8, 4) is 0 Å². The predicted octanol–water partition coefficient (Wildman–Crippen LogP) is 1.35. The van der Waals surface area contributed by atoms with Crippen molar-refractivity contribution >= 4 is 23.2 Å². The molecule has 0 fully saturated rings. The van der Waals surface area contributed by atoms with Crippen LogP contribution in [0.2, 0.25) is 5.15 Å². The molecule has 1 amide bonds. The van der Waals surface area contributed by atoms with E-state index < -0.39 is 29.1 Å². The van der Waals surface area contributed by atoms with E-state index in [4.69, 9.17) is 23.1 Å². The number of halogens is 3. The number of aromatic nitrogens is 1. The minimum absolute atomic E-state index is 0.273. The summed E-state index contributed by atoms with van der Waals surface area (Å²) < 4.78 is 24.9. The fourth-order valence-corrected chi connectivity index (χ4v) is 1.10. The Morgan fingerprint density at radius 1 is 1.57 bits per heavy atom. The largest absolute Gasteiger partial charge is 0.396 e. The first-order valence-electron chi connectivity index (χ1n) is 3.47. The zero-order valence-corrected chi connectivity index (χ0v) is 7.55. The lowest BCUT2D eigenvalue weighted by atomic mass is 10.1. The van der Waals surface area contributed by atoms with E-state index in [2.05, 4.69) is 4.98 Å². The Kier molecular flexibility index (Phi) is 2.85. The van der Waals surface area contributed by atoms with E-state index >= 15 is 0 Å². The van der Waals surface area contributed by atoms with Crippen molar-refractivity contribution in [3.05, 3.63) is 22.5 Å². The Morgan fingerprint density at radius 2 is 2.14 bits per heavy atom. The second-order valence-electron chi connectivity index (χ2n) is 2.45.